The third-order valence-electron chi connectivity index (χ3n) is 4.44. The van der Waals surface area contributed by atoms with Gasteiger partial charge in [-0.05, 0) is 49.2 Å². The predicted molar refractivity (Wildman–Crippen MR) is 96.2 cm³/mol. The zero-order chi connectivity index (χ0) is 18.3. The highest BCUT2D eigenvalue weighted by molar-refractivity contribution is 7.89. The van der Waals surface area contributed by atoms with E-state index in [0.29, 0.717) is 35.5 Å². The van der Waals surface area contributed by atoms with Crippen LogP contribution in [0, 0.1) is 0 Å². The number of amidine groups is 1. The van der Waals surface area contributed by atoms with E-state index in [0.717, 1.165) is 12.8 Å². The number of nitrogens with one attached hydrogen (secondary N) is 1. The van der Waals surface area contributed by atoms with Crippen LogP contribution in [-0.4, -0.2) is 32.2 Å². The largest absolute Gasteiger partial charge is 0.457 e. The molecule has 4 rings (SSSR count). The van der Waals surface area contributed by atoms with Crippen molar-refractivity contribution in [3.63, 3.8) is 0 Å². The number of benzene rings is 2. The molecule has 9 heteroatoms. The summed E-state index contributed by atoms with van der Waals surface area (Å²) in [5.74, 6) is 0.936. The molecule has 0 atom stereocenters. The molecule has 1 fully saturated rings. The van der Waals surface area contributed by atoms with Crippen LogP contribution in [0.3, 0.4) is 0 Å². The van der Waals surface area contributed by atoms with E-state index in [1.165, 1.54) is 6.07 Å². The molecule has 1 saturated carbocycles. The SMILES string of the molecule is N/C(=N\O)c1ccc(Oc2ccc3c(c2)S(=O)(=O)NCN3C2CC2)cc1. The van der Waals surface area contributed by atoms with Crippen LogP contribution in [0.5, 0.6) is 11.5 Å². The molecule has 1 aliphatic heterocycles. The van der Waals surface area contributed by atoms with Gasteiger partial charge in [0.15, 0.2) is 5.84 Å². The molecule has 4 N–H and O–H groups in total. The minimum atomic E-state index is -3.55. The second-order valence-corrected chi connectivity index (χ2v) is 7.98. The van der Waals surface area contributed by atoms with Gasteiger partial charge in [0.05, 0.1) is 12.4 Å². The standard InChI is InChI=1S/C17H18N4O4S/c18-17(20-22)11-1-5-13(6-2-11)25-14-7-8-15-16(9-14)26(23,24)19-10-21(15)12-3-4-12/h1-2,5-9,12,19,22H,3-4,10H2,(H2,18,20). The van der Waals surface area contributed by atoms with E-state index in [9.17, 15) is 8.42 Å². The first-order chi connectivity index (χ1) is 12.5. The summed E-state index contributed by atoms with van der Waals surface area (Å²) < 4.78 is 33.1. The molecule has 0 unspecified atom stereocenters. The minimum absolute atomic E-state index is 0.00247. The summed E-state index contributed by atoms with van der Waals surface area (Å²) >= 11 is 0. The summed E-state index contributed by atoms with van der Waals surface area (Å²) in [4.78, 5) is 2.30. The first-order valence-electron chi connectivity index (χ1n) is 8.14. The number of anilines is 1. The third-order valence-corrected chi connectivity index (χ3v) is 5.85. The molecule has 8 nitrogen and oxygen atoms in total. The van der Waals surface area contributed by atoms with Gasteiger partial charge in [-0.25, -0.2) is 8.42 Å². The van der Waals surface area contributed by atoms with Crippen molar-refractivity contribution in [3.05, 3.63) is 48.0 Å². The Bertz CT molecular complexity index is 969. The van der Waals surface area contributed by atoms with Crippen molar-refractivity contribution in [2.75, 3.05) is 11.6 Å². The Hall–Kier alpha value is -2.78. The average molecular weight is 374 g/mol. The molecule has 1 heterocycles. The summed E-state index contributed by atoms with van der Waals surface area (Å²) in [7, 11) is -3.55. The van der Waals surface area contributed by atoms with Gasteiger partial charge in [-0.2, -0.15) is 4.72 Å². The Morgan fingerprint density at radius 2 is 1.88 bits per heavy atom. The average Bonchev–Trinajstić information content (AvgIpc) is 3.47. The van der Waals surface area contributed by atoms with Gasteiger partial charge in [-0.3, -0.25) is 0 Å². The number of rotatable bonds is 4. The van der Waals surface area contributed by atoms with Crippen LogP contribution < -0.4 is 20.1 Å². The van der Waals surface area contributed by atoms with Crippen molar-refractivity contribution in [1.29, 1.82) is 0 Å². The second-order valence-electron chi connectivity index (χ2n) is 6.25. The van der Waals surface area contributed by atoms with Crippen LogP contribution >= 0.6 is 0 Å². The van der Waals surface area contributed by atoms with E-state index >= 15 is 0 Å². The van der Waals surface area contributed by atoms with E-state index in [4.69, 9.17) is 15.7 Å². The maximum absolute atomic E-state index is 12.4. The van der Waals surface area contributed by atoms with E-state index in [1.54, 1.807) is 36.4 Å². The van der Waals surface area contributed by atoms with E-state index in [-0.39, 0.29) is 10.7 Å². The zero-order valence-corrected chi connectivity index (χ0v) is 14.6. The van der Waals surface area contributed by atoms with Crippen molar-refractivity contribution in [1.82, 2.24) is 4.72 Å². The molecule has 136 valence electrons. The molecule has 0 radical (unpaired) electrons. The first kappa shape index (κ1) is 16.7. The molecule has 0 amide bonds. The number of ether oxygens (including phenoxy) is 1. The topological polar surface area (TPSA) is 117 Å². The Labute approximate surface area is 150 Å². The summed E-state index contributed by atoms with van der Waals surface area (Å²) in [6.07, 6.45) is 2.15. The maximum Gasteiger partial charge on any atom is 0.244 e. The highest BCUT2D eigenvalue weighted by atomic mass is 32.2. The highest BCUT2D eigenvalue weighted by Crippen LogP contribution is 2.39. The lowest BCUT2D eigenvalue weighted by molar-refractivity contribution is 0.318. The molecule has 1 aliphatic carbocycles. The molecular formula is C17H18N4O4S. The van der Waals surface area contributed by atoms with E-state index < -0.39 is 10.0 Å². The molecule has 2 aliphatic rings. The van der Waals surface area contributed by atoms with E-state index in [2.05, 4.69) is 14.8 Å². The Balaban J connectivity index is 1.62. The first-order valence-corrected chi connectivity index (χ1v) is 9.62. The van der Waals surface area contributed by atoms with Crippen molar-refractivity contribution >= 4 is 21.5 Å². The van der Waals surface area contributed by atoms with Crippen LogP contribution in [0.25, 0.3) is 0 Å². The third kappa shape index (κ3) is 3.06. The lowest BCUT2D eigenvalue weighted by atomic mass is 10.2. The minimum Gasteiger partial charge on any atom is -0.457 e. The van der Waals surface area contributed by atoms with Gasteiger partial charge in [0, 0.05) is 17.7 Å². The molecule has 0 aromatic heterocycles. The van der Waals surface area contributed by atoms with Crippen LogP contribution in [0.2, 0.25) is 0 Å². The molecular weight excluding hydrogens is 356 g/mol. The van der Waals surface area contributed by atoms with Gasteiger partial charge in [-0.1, -0.05) is 5.16 Å². The lowest BCUT2D eigenvalue weighted by Crippen LogP contribution is -2.44. The summed E-state index contributed by atoms with van der Waals surface area (Å²) in [5, 5.41) is 11.6. The molecule has 0 saturated heterocycles. The van der Waals surface area contributed by atoms with Crippen LogP contribution in [0.4, 0.5) is 5.69 Å². The fraction of sp³-hybridized carbons (Fsp3) is 0.235. The Morgan fingerprint density at radius 1 is 1.19 bits per heavy atom. The van der Waals surface area contributed by atoms with Gasteiger partial charge in [0.1, 0.15) is 16.4 Å². The fourth-order valence-electron chi connectivity index (χ4n) is 2.93. The molecule has 0 bridgehead atoms. The molecule has 2 aromatic carbocycles. The zero-order valence-electron chi connectivity index (χ0n) is 13.8. The fourth-order valence-corrected chi connectivity index (χ4v) is 4.12. The van der Waals surface area contributed by atoms with Gasteiger partial charge >= 0.3 is 0 Å². The maximum atomic E-state index is 12.4. The van der Waals surface area contributed by atoms with Gasteiger partial charge in [0.2, 0.25) is 10.0 Å². The quantitative estimate of drug-likeness (QED) is 0.325. The Morgan fingerprint density at radius 3 is 2.54 bits per heavy atom. The van der Waals surface area contributed by atoms with Gasteiger partial charge in [0.25, 0.3) is 0 Å². The smallest absolute Gasteiger partial charge is 0.244 e. The monoisotopic (exact) mass is 374 g/mol. The van der Waals surface area contributed by atoms with Crippen molar-refractivity contribution in [2.45, 2.75) is 23.8 Å². The van der Waals surface area contributed by atoms with Crippen molar-refractivity contribution in [2.24, 2.45) is 10.9 Å². The van der Waals surface area contributed by atoms with Crippen LogP contribution in [-0.2, 0) is 10.0 Å². The predicted octanol–water partition coefficient (Wildman–Crippen LogP) is 1.79. The molecule has 2 aromatic rings. The van der Waals surface area contributed by atoms with Crippen LogP contribution in [0.15, 0.2) is 52.5 Å². The molecule has 26 heavy (non-hydrogen) atoms. The van der Waals surface area contributed by atoms with Gasteiger partial charge < -0.3 is 20.6 Å². The van der Waals surface area contributed by atoms with Gasteiger partial charge in [-0.15, -0.1) is 0 Å². The summed E-state index contributed by atoms with van der Waals surface area (Å²) in [6, 6.07) is 12.1. The number of nitrogens with zero attached hydrogens (tertiary/aromatic N) is 2. The molecule has 0 spiro atoms. The Kier molecular flexibility index (Phi) is 3.97. The summed E-state index contributed by atoms with van der Waals surface area (Å²) in [5.41, 5.74) is 6.79. The number of sulfonamides is 1. The number of nitrogens with two attached hydrogens (primary N) is 1. The number of oxime groups is 1. The highest BCUT2D eigenvalue weighted by Gasteiger charge is 2.36. The second kappa shape index (κ2) is 6.19. The number of fused-ring (bicyclic) bond motifs is 1. The number of hydrogen-bond donors (Lipinski definition) is 3. The lowest BCUT2D eigenvalue weighted by Gasteiger charge is -2.31. The normalized spacial score (nSPS) is 19.1. The van der Waals surface area contributed by atoms with Crippen LogP contribution in [0.1, 0.15) is 18.4 Å². The van der Waals surface area contributed by atoms with Crippen molar-refractivity contribution < 1.29 is 18.4 Å². The number of hydrogen-bond acceptors (Lipinski definition) is 6. The van der Waals surface area contributed by atoms with E-state index in [1.807, 2.05) is 0 Å². The van der Waals surface area contributed by atoms with Crippen molar-refractivity contribution in [3.8, 4) is 11.5 Å². The summed E-state index contributed by atoms with van der Waals surface area (Å²) in [6.45, 7) is 0.301.